The van der Waals surface area contributed by atoms with E-state index in [4.69, 9.17) is 4.42 Å². The van der Waals surface area contributed by atoms with Crippen molar-refractivity contribution in [3.05, 3.63) is 70.1 Å². The Morgan fingerprint density at radius 3 is 2.63 bits per heavy atom. The molecule has 160 valence electrons. The number of aromatic nitrogens is 1. The van der Waals surface area contributed by atoms with E-state index in [0.717, 1.165) is 36.0 Å². The fourth-order valence-corrected chi connectivity index (χ4v) is 3.40. The van der Waals surface area contributed by atoms with Crippen molar-refractivity contribution in [3.63, 3.8) is 0 Å². The van der Waals surface area contributed by atoms with Crippen molar-refractivity contribution in [2.45, 2.75) is 26.8 Å². The Balaban J connectivity index is 0.00000320. The molecular formula is C21H26IN5O2S. The minimum absolute atomic E-state index is 0. The Morgan fingerprint density at radius 2 is 2.00 bits per heavy atom. The van der Waals surface area contributed by atoms with Crippen molar-refractivity contribution >= 4 is 52.9 Å². The number of rotatable bonds is 8. The van der Waals surface area contributed by atoms with Gasteiger partial charge in [-0.25, -0.2) is 9.98 Å². The van der Waals surface area contributed by atoms with Crippen LogP contribution >= 0.6 is 35.3 Å². The van der Waals surface area contributed by atoms with Gasteiger partial charge in [0.05, 0.1) is 17.8 Å². The number of nitrogens with zero attached hydrogens (tertiary/aromatic N) is 2. The van der Waals surface area contributed by atoms with Gasteiger partial charge in [0.25, 0.3) is 5.91 Å². The summed E-state index contributed by atoms with van der Waals surface area (Å²) in [5, 5.41) is 10.5. The summed E-state index contributed by atoms with van der Waals surface area (Å²) in [5.41, 5.74) is 1.76. The number of carbonyl (C=O) groups is 1. The van der Waals surface area contributed by atoms with Crippen LogP contribution in [0.25, 0.3) is 0 Å². The number of benzene rings is 1. The number of aliphatic imine (C=N–C) groups is 1. The molecule has 0 saturated carbocycles. The normalized spacial score (nSPS) is 10.9. The second-order valence-corrected chi connectivity index (χ2v) is 7.68. The molecule has 9 heteroatoms. The zero-order chi connectivity index (χ0) is 20.5. The third kappa shape index (κ3) is 7.45. The van der Waals surface area contributed by atoms with E-state index in [0.29, 0.717) is 12.2 Å². The molecule has 0 bridgehead atoms. The van der Waals surface area contributed by atoms with Crippen LogP contribution < -0.4 is 16.0 Å². The molecule has 0 aliphatic rings. The summed E-state index contributed by atoms with van der Waals surface area (Å²) in [6.45, 7) is 6.21. The van der Waals surface area contributed by atoms with Crippen molar-refractivity contribution in [1.82, 2.24) is 15.6 Å². The van der Waals surface area contributed by atoms with Crippen LogP contribution in [0.15, 0.2) is 58.3 Å². The van der Waals surface area contributed by atoms with Gasteiger partial charge in [-0.3, -0.25) is 4.79 Å². The van der Waals surface area contributed by atoms with E-state index in [1.165, 1.54) is 11.1 Å². The van der Waals surface area contributed by atoms with Crippen LogP contribution in [0.3, 0.4) is 0 Å². The van der Waals surface area contributed by atoms with Gasteiger partial charge in [-0.1, -0.05) is 12.1 Å². The van der Waals surface area contributed by atoms with Crippen LogP contribution in [-0.4, -0.2) is 29.9 Å². The van der Waals surface area contributed by atoms with E-state index >= 15 is 0 Å². The molecule has 0 fully saturated rings. The zero-order valence-electron chi connectivity index (χ0n) is 17.0. The van der Waals surface area contributed by atoms with E-state index in [1.807, 2.05) is 37.4 Å². The Hall–Kier alpha value is -2.40. The van der Waals surface area contributed by atoms with Gasteiger partial charge in [0.1, 0.15) is 0 Å². The molecule has 1 aromatic carbocycles. The van der Waals surface area contributed by atoms with Crippen molar-refractivity contribution in [3.8, 4) is 0 Å². The lowest BCUT2D eigenvalue weighted by atomic mass is 10.2. The highest BCUT2D eigenvalue weighted by Crippen LogP contribution is 2.13. The molecule has 0 saturated heterocycles. The van der Waals surface area contributed by atoms with Gasteiger partial charge in [-0.05, 0) is 43.7 Å². The maximum Gasteiger partial charge on any atom is 0.291 e. The predicted octanol–water partition coefficient (Wildman–Crippen LogP) is 4.21. The lowest BCUT2D eigenvalue weighted by molar-refractivity contribution is 0.0996. The van der Waals surface area contributed by atoms with E-state index in [9.17, 15) is 4.79 Å². The monoisotopic (exact) mass is 539 g/mol. The molecule has 1 amide bonds. The summed E-state index contributed by atoms with van der Waals surface area (Å²) in [4.78, 5) is 22.2. The number of aryl methyl sites for hydroxylation is 1. The van der Waals surface area contributed by atoms with E-state index in [2.05, 4.69) is 32.9 Å². The van der Waals surface area contributed by atoms with Crippen molar-refractivity contribution < 1.29 is 9.21 Å². The van der Waals surface area contributed by atoms with Crippen LogP contribution in [0.1, 0.15) is 32.9 Å². The van der Waals surface area contributed by atoms with Crippen LogP contribution in [0.4, 0.5) is 5.69 Å². The number of guanidine groups is 1. The first-order valence-electron chi connectivity index (χ1n) is 9.51. The SMILES string of the molecule is CCNC(=NCc1ccc(NC(=O)c2ccco2)cc1)NCCc1ncc(C)s1.I. The van der Waals surface area contributed by atoms with Crippen LogP contribution in [0.2, 0.25) is 0 Å². The zero-order valence-corrected chi connectivity index (χ0v) is 20.1. The molecule has 0 atom stereocenters. The summed E-state index contributed by atoms with van der Waals surface area (Å²) < 4.78 is 5.09. The number of amides is 1. The quantitative estimate of drug-likeness (QED) is 0.227. The highest BCUT2D eigenvalue weighted by Gasteiger charge is 2.08. The largest absolute Gasteiger partial charge is 0.459 e. The molecule has 30 heavy (non-hydrogen) atoms. The second kappa shape index (κ2) is 12.3. The molecular weight excluding hydrogens is 513 g/mol. The van der Waals surface area contributed by atoms with Crippen LogP contribution in [0.5, 0.6) is 0 Å². The standard InChI is InChI=1S/C21H25N5O2S.HI/c1-3-22-21(23-11-10-19-24-13-15(2)29-19)25-14-16-6-8-17(9-7-16)26-20(27)18-5-4-12-28-18;/h4-9,12-13H,3,10-11,14H2,1-2H3,(H,26,27)(H2,22,23,25);1H. The Bertz CT molecular complexity index is 939. The topological polar surface area (TPSA) is 91.5 Å². The van der Waals surface area contributed by atoms with Gasteiger partial charge in [-0.2, -0.15) is 0 Å². The fraction of sp³-hybridized carbons (Fsp3) is 0.286. The molecule has 0 aliphatic carbocycles. The molecule has 2 aromatic heterocycles. The molecule has 0 radical (unpaired) electrons. The average molecular weight is 539 g/mol. The molecule has 3 N–H and O–H groups in total. The van der Waals surface area contributed by atoms with Gasteiger partial charge in [-0.15, -0.1) is 35.3 Å². The predicted molar refractivity (Wildman–Crippen MR) is 132 cm³/mol. The number of halogens is 1. The van der Waals surface area contributed by atoms with Crippen LogP contribution in [0, 0.1) is 6.92 Å². The highest BCUT2D eigenvalue weighted by molar-refractivity contribution is 14.0. The van der Waals surface area contributed by atoms with E-state index < -0.39 is 0 Å². The molecule has 0 spiro atoms. The van der Waals surface area contributed by atoms with Gasteiger partial charge in [0.2, 0.25) is 0 Å². The third-order valence-electron chi connectivity index (χ3n) is 4.02. The molecule has 0 unspecified atom stereocenters. The first kappa shape index (κ1) is 23.9. The smallest absolute Gasteiger partial charge is 0.291 e. The summed E-state index contributed by atoms with van der Waals surface area (Å²) in [5.74, 6) is 0.791. The Labute approximate surface area is 197 Å². The lowest BCUT2D eigenvalue weighted by Gasteiger charge is -2.11. The minimum atomic E-state index is -0.269. The number of hydrogen-bond donors (Lipinski definition) is 3. The molecule has 2 heterocycles. The van der Waals surface area contributed by atoms with E-state index in [1.54, 1.807) is 23.5 Å². The lowest BCUT2D eigenvalue weighted by Crippen LogP contribution is -2.38. The van der Waals surface area contributed by atoms with Crippen LogP contribution in [-0.2, 0) is 13.0 Å². The second-order valence-electron chi connectivity index (χ2n) is 6.36. The van der Waals surface area contributed by atoms with Gasteiger partial charge >= 0.3 is 0 Å². The van der Waals surface area contributed by atoms with Crippen molar-refractivity contribution in [1.29, 1.82) is 0 Å². The maximum absolute atomic E-state index is 12.0. The number of nitrogens with one attached hydrogen (secondary N) is 3. The van der Waals surface area contributed by atoms with Gasteiger partial charge in [0, 0.05) is 36.3 Å². The van der Waals surface area contributed by atoms with Gasteiger partial charge < -0.3 is 20.4 Å². The fourth-order valence-electron chi connectivity index (χ4n) is 2.61. The minimum Gasteiger partial charge on any atom is -0.459 e. The highest BCUT2D eigenvalue weighted by atomic mass is 127. The van der Waals surface area contributed by atoms with Crippen molar-refractivity contribution in [2.24, 2.45) is 4.99 Å². The first-order valence-corrected chi connectivity index (χ1v) is 10.3. The number of furan rings is 1. The summed E-state index contributed by atoms with van der Waals surface area (Å²) in [6, 6.07) is 10.9. The molecule has 3 rings (SSSR count). The molecule has 3 aromatic rings. The van der Waals surface area contributed by atoms with Crippen molar-refractivity contribution in [2.75, 3.05) is 18.4 Å². The number of hydrogen-bond acceptors (Lipinski definition) is 5. The third-order valence-corrected chi connectivity index (χ3v) is 4.99. The summed E-state index contributed by atoms with van der Waals surface area (Å²) in [7, 11) is 0. The number of thiazole rings is 1. The first-order chi connectivity index (χ1) is 14.1. The summed E-state index contributed by atoms with van der Waals surface area (Å²) >= 11 is 1.72. The van der Waals surface area contributed by atoms with E-state index in [-0.39, 0.29) is 35.6 Å². The average Bonchev–Trinajstić information content (AvgIpc) is 3.39. The maximum atomic E-state index is 12.0. The molecule has 0 aliphatic heterocycles. The summed E-state index contributed by atoms with van der Waals surface area (Å²) in [6.07, 6.45) is 4.25. The number of anilines is 1. The molecule has 7 nitrogen and oxygen atoms in total. The number of carbonyl (C=O) groups excluding carboxylic acids is 1. The van der Waals surface area contributed by atoms with Gasteiger partial charge in [0.15, 0.2) is 11.7 Å². The Morgan fingerprint density at radius 1 is 1.20 bits per heavy atom. The Kier molecular flexibility index (Phi) is 9.81.